The Labute approximate surface area is 123 Å². The normalized spacial score (nSPS) is 12.7. The number of pyridine rings is 1. The Morgan fingerprint density at radius 2 is 2.14 bits per heavy atom. The Kier molecular flexibility index (Phi) is 3.53. The van der Waals surface area contributed by atoms with Crippen molar-refractivity contribution in [2.45, 2.75) is 6.42 Å². The van der Waals surface area contributed by atoms with Crippen molar-refractivity contribution in [3.05, 3.63) is 65.4 Å². The molecule has 102 valence electrons. The van der Waals surface area contributed by atoms with Gasteiger partial charge in [-0.15, -0.1) is 0 Å². The maximum Gasteiger partial charge on any atom is 0.338 e. The predicted molar refractivity (Wildman–Crippen MR) is 81.8 cm³/mol. The molecule has 1 aromatic heterocycles. The number of hydrogen-bond donors (Lipinski definition) is 0. The predicted octanol–water partition coefficient (Wildman–Crippen LogP) is 3.26. The lowest BCUT2D eigenvalue weighted by Crippen LogP contribution is -2.04. The molecule has 3 heteroatoms. The van der Waals surface area contributed by atoms with Crippen LogP contribution in [0.15, 0.2) is 54.1 Å². The quantitative estimate of drug-likeness (QED) is 0.592. The highest BCUT2D eigenvalue weighted by Crippen LogP contribution is 2.19. The summed E-state index contributed by atoms with van der Waals surface area (Å²) in [6.45, 7) is 0. The van der Waals surface area contributed by atoms with Crippen molar-refractivity contribution < 1.29 is 9.53 Å². The van der Waals surface area contributed by atoms with Crippen molar-refractivity contribution in [3.8, 4) is 11.8 Å². The zero-order valence-electron chi connectivity index (χ0n) is 11.6. The third-order valence-electron chi connectivity index (χ3n) is 3.24. The van der Waals surface area contributed by atoms with Crippen LogP contribution in [0.3, 0.4) is 0 Å². The van der Waals surface area contributed by atoms with Crippen LogP contribution in [0.5, 0.6) is 0 Å². The van der Waals surface area contributed by atoms with Gasteiger partial charge in [-0.3, -0.25) is 0 Å². The Morgan fingerprint density at radius 1 is 1.29 bits per heavy atom. The fraction of sp³-hybridized carbons (Fsp3) is 0.111. The number of fused-ring (bicyclic) bond motifs is 1. The second kappa shape index (κ2) is 5.64. The minimum Gasteiger partial charge on any atom is -0.465 e. The van der Waals surface area contributed by atoms with Crippen molar-refractivity contribution in [2.24, 2.45) is 0 Å². The maximum atomic E-state index is 11.9. The minimum atomic E-state index is -0.376. The Balaban J connectivity index is 2.09. The van der Waals surface area contributed by atoms with Crippen molar-refractivity contribution in [1.82, 2.24) is 4.98 Å². The topological polar surface area (TPSA) is 39.2 Å². The molecular formula is C18H13NO2. The summed E-state index contributed by atoms with van der Waals surface area (Å²) in [7, 11) is 1.37. The van der Waals surface area contributed by atoms with Crippen LogP contribution >= 0.6 is 0 Å². The molecule has 0 saturated heterocycles. The molecule has 1 heterocycles. The molecule has 3 nitrogen and oxygen atoms in total. The molecule has 0 N–H and O–H groups in total. The van der Waals surface area contributed by atoms with Crippen LogP contribution < -0.4 is 0 Å². The van der Waals surface area contributed by atoms with Gasteiger partial charge in [0, 0.05) is 11.0 Å². The molecule has 2 aromatic rings. The molecule has 1 aliphatic carbocycles. The zero-order chi connectivity index (χ0) is 14.7. The number of allylic oxidation sites excluding steroid dienone is 4. The van der Waals surface area contributed by atoms with E-state index in [9.17, 15) is 4.79 Å². The molecule has 1 aliphatic rings. The summed E-state index contributed by atoms with van der Waals surface area (Å²) in [6, 6.07) is 9.16. The van der Waals surface area contributed by atoms with Gasteiger partial charge in [-0.05, 0) is 24.5 Å². The number of benzene rings is 1. The molecule has 0 spiro atoms. The molecular weight excluding hydrogens is 262 g/mol. The van der Waals surface area contributed by atoms with E-state index in [1.54, 1.807) is 6.07 Å². The van der Waals surface area contributed by atoms with Crippen LogP contribution in [0.2, 0.25) is 0 Å². The fourth-order valence-electron chi connectivity index (χ4n) is 2.20. The lowest BCUT2D eigenvalue weighted by atomic mass is 10.1. The van der Waals surface area contributed by atoms with E-state index in [4.69, 9.17) is 4.74 Å². The van der Waals surface area contributed by atoms with E-state index in [1.807, 2.05) is 36.4 Å². The molecule has 3 rings (SSSR count). The third kappa shape index (κ3) is 2.70. The van der Waals surface area contributed by atoms with Crippen LogP contribution in [-0.4, -0.2) is 18.1 Å². The summed E-state index contributed by atoms with van der Waals surface area (Å²) < 4.78 is 4.84. The molecule has 0 unspecified atom stereocenters. The summed E-state index contributed by atoms with van der Waals surface area (Å²) in [5.41, 5.74) is 2.85. The Bertz CT molecular complexity index is 835. The van der Waals surface area contributed by atoms with Gasteiger partial charge in [-0.1, -0.05) is 42.3 Å². The third-order valence-corrected chi connectivity index (χ3v) is 3.24. The highest BCUT2D eigenvalue weighted by Gasteiger charge is 2.12. The minimum absolute atomic E-state index is 0.376. The molecule has 0 radical (unpaired) electrons. The van der Waals surface area contributed by atoms with Crippen molar-refractivity contribution in [2.75, 3.05) is 7.11 Å². The SMILES string of the molecule is COC(=O)c1cc(C#CC2=CC=CC2)nc2ccccc12. The molecule has 0 aliphatic heterocycles. The largest absolute Gasteiger partial charge is 0.465 e. The van der Waals surface area contributed by atoms with Crippen LogP contribution in [0.4, 0.5) is 0 Å². The highest BCUT2D eigenvalue weighted by molar-refractivity contribution is 6.03. The van der Waals surface area contributed by atoms with E-state index in [1.165, 1.54) is 7.11 Å². The van der Waals surface area contributed by atoms with Crippen LogP contribution in [0, 0.1) is 11.8 Å². The van der Waals surface area contributed by atoms with Gasteiger partial charge in [0.25, 0.3) is 0 Å². The van der Waals surface area contributed by atoms with E-state index in [0.717, 1.165) is 22.9 Å². The second-order valence-electron chi connectivity index (χ2n) is 4.64. The summed E-state index contributed by atoms with van der Waals surface area (Å²) >= 11 is 0. The first kappa shape index (κ1) is 13.1. The number of carbonyl (C=O) groups excluding carboxylic acids is 1. The van der Waals surface area contributed by atoms with Gasteiger partial charge in [-0.25, -0.2) is 9.78 Å². The molecule has 0 fully saturated rings. The Hall–Kier alpha value is -2.86. The average molecular weight is 275 g/mol. The monoisotopic (exact) mass is 275 g/mol. The summed E-state index contributed by atoms with van der Waals surface area (Å²) in [5, 5.41) is 0.775. The molecule has 0 saturated carbocycles. The lowest BCUT2D eigenvalue weighted by Gasteiger charge is -2.05. The Morgan fingerprint density at radius 3 is 2.90 bits per heavy atom. The smallest absolute Gasteiger partial charge is 0.338 e. The van der Waals surface area contributed by atoms with Gasteiger partial charge in [0.2, 0.25) is 0 Å². The zero-order valence-corrected chi connectivity index (χ0v) is 11.6. The van der Waals surface area contributed by atoms with Gasteiger partial charge >= 0.3 is 5.97 Å². The first-order chi connectivity index (χ1) is 10.3. The van der Waals surface area contributed by atoms with Crippen LogP contribution in [0.25, 0.3) is 10.9 Å². The standard InChI is InChI=1S/C18H13NO2/c1-21-18(20)16-12-14(11-10-13-6-2-3-7-13)19-17-9-5-4-8-15(16)17/h2-6,8-9,12H,7H2,1H3. The molecule has 0 atom stereocenters. The van der Waals surface area contributed by atoms with Crippen molar-refractivity contribution in [1.29, 1.82) is 0 Å². The first-order valence-electron chi connectivity index (χ1n) is 6.64. The number of aromatic nitrogens is 1. The number of ether oxygens (including phenoxy) is 1. The van der Waals surface area contributed by atoms with E-state index in [-0.39, 0.29) is 5.97 Å². The van der Waals surface area contributed by atoms with Crippen LogP contribution in [0.1, 0.15) is 22.5 Å². The van der Waals surface area contributed by atoms with Gasteiger partial charge < -0.3 is 4.74 Å². The second-order valence-corrected chi connectivity index (χ2v) is 4.64. The van der Waals surface area contributed by atoms with Gasteiger partial charge in [0.05, 0.1) is 18.2 Å². The lowest BCUT2D eigenvalue weighted by molar-refractivity contribution is 0.0603. The number of carbonyl (C=O) groups is 1. The van der Waals surface area contributed by atoms with E-state index >= 15 is 0 Å². The number of para-hydroxylation sites is 1. The van der Waals surface area contributed by atoms with E-state index in [0.29, 0.717) is 11.3 Å². The fourth-order valence-corrected chi connectivity index (χ4v) is 2.20. The number of methoxy groups -OCH3 is 1. The number of esters is 1. The highest BCUT2D eigenvalue weighted by atomic mass is 16.5. The van der Waals surface area contributed by atoms with E-state index in [2.05, 4.69) is 22.9 Å². The van der Waals surface area contributed by atoms with Crippen molar-refractivity contribution >= 4 is 16.9 Å². The maximum absolute atomic E-state index is 11.9. The van der Waals surface area contributed by atoms with Gasteiger partial charge in [0.1, 0.15) is 5.69 Å². The number of rotatable bonds is 1. The summed E-state index contributed by atoms with van der Waals surface area (Å²) in [4.78, 5) is 16.4. The first-order valence-corrected chi connectivity index (χ1v) is 6.64. The average Bonchev–Trinajstić information content (AvgIpc) is 3.04. The molecule has 21 heavy (non-hydrogen) atoms. The van der Waals surface area contributed by atoms with Gasteiger partial charge in [0.15, 0.2) is 0 Å². The van der Waals surface area contributed by atoms with Gasteiger partial charge in [-0.2, -0.15) is 0 Å². The van der Waals surface area contributed by atoms with Crippen molar-refractivity contribution in [3.63, 3.8) is 0 Å². The molecule has 0 amide bonds. The number of nitrogens with zero attached hydrogens (tertiary/aromatic N) is 1. The molecule has 1 aromatic carbocycles. The molecule has 0 bridgehead atoms. The van der Waals surface area contributed by atoms with E-state index < -0.39 is 0 Å². The summed E-state index contributed by atoms with van der Waals surface area (Å²) in [5.74, 6) is 5.73. The number of hydrogen-bond acceptors (Lipinski definition) is 3. The summed E-state index contributed by atoms with van der Waals surface area (Å²) in [6.07, 6.45) is 6.87. The van der Waals surface area contributed by atoms with Crippen LogP contribution in [-0.2, 0) is 4.74 Å².